The van der Waals surface area contributed by atoms with Crippen molar-refractivity contribution in [3.8, 4) is 17.3 Å². The standard InChI is InChI=1S/C17H15Cl2N5O/c18-12-3-1-2-11(15(12)19)16-13(8-20)23-14(9-22-16)24-6-4-17(21,10-25)5-7-24/h1-3,9-10H,4-7,21H2/p+1. The van der Waals surface area contributed by atoms with Crippen LogP contribution >= 0.6 is 23.2 Å². The van der Waals surface area contributed by atoms with Gasteiger partial charge in [0, 0.05) is 31.5 Å². The van der Waals surface area contributed by atoms with Gasteiger partial charge in [0.05, 0.1) is 16.2 Å². The molecular weight excluding hydrogens is 361 g/mol. The van der Waals surface area contributed by atoms with Gasteiger partial charge in [-0.15, -0.1) is 0 Å². The van der Waals surface area contributed by atoms with Crippen LogP contribution in [-0.4, -0.2) is 34.9 Å². The van der Waals surface area contributed by atoms with Crippen LogP contribution < -0.4 is 10.6 Å². The van der Waals surface area contributed by atoms with Gasteiger partial charge in [0.15, 0.2) is 17.5 Å². The maximum absolute atomic E-state index is 11.1. The molecule has 1 saturated heterocycles. The summed E-state index contributed by atoms with van der Waals surface area (Å²) in [5.74, 6) is 0.603. The molecule has 25 heavy (non-hydrogen) atoms. The van der Waals surface area contributed by atoms with Crippen LogP contribution in [0.5, 0.6) is 0 Å². The van der Waals surface area contributed by atoms with Crippen molar-refractivity contribution in [1.82, 2.24) is 9.97 Å². The summed E-state index contributed by atoms with van der Waals surface area (Å²) in [6, 6.07) is 7.25. The van der Waals surface area contributed by atoms with Gasteiger partial charge in [-0.2, -0.15) is 5.26 Å². The van der Waals surface area contributed by atoms with Crippen molar-refractivity contribution in [2.24, 2.45) is 0 Å². The number of rotatable bonds is 3. The van der Waals surface area contributed by atoms with Gasteiger partial charge < -0.3 is 10.6 Å². The molecule has 2 aromatic rings. The molecule has 3 rings (SSSR count). The van der Waals surface area contributed by atoms with Crippen LogP contribution in [0.1, 0.15) is 18.5 Å². The first kappa shape index (κ1) is 17.6. The van der Waals surface area contributed by atoms with Crippen molar-refractivity contribution in [1.29, 1.82) is 5.26 Å². The minimum Gasteiger partial charge on any atom is -0.355 e. The van der Waals surface area contributed by atoms with Crippen LogP contribution in [0.4, 0.5) is 5.82 Å². The van der Waals surface area contributed by atoms with Crippen molar-refractivity contribution in [2.45, 2.75) is 18.4 Å². The monoisotopic (exact) mass is 376 g/mol. The zero-order valence-corrected chi connectivity index (χ0v) is 14.9. The number of carbonyl (C=O) groups is 1. The highest BCUT2D eigenvalue weighted by Gasteiger charge is 2.34. The van der Waals surface area contributed by atoms with E-state index in [1.54, 1.807) is 24.4 Å². The topological polar surface area (TPSA) is 97.5 Å². The average molecular weight is 377 g/mol. The second kappa shape index (κ2) is 6.96. The first-order valence-electron chi connectivity index (χ1n) is 7.75. The number of aromatic nitrogens is 2. The van der Waals surface area contributed by atoms with Crippen LogP contribution in [0.15, 0.2) is 24.4 Å². The Morgan fingerprint density at radius 1 is 1.32 bits per heavy atom. The van der Waals surface area contributed by atoms with Gasteiger partial charge in [0.1, 0.15) is 17.6 Å². The van der Waals surface area contributed by atoms with Crippen LogP contribution in [0, 0.1) is 11.3 Å². The molecule has 0 spiro atoms. The van der Waals surface area contributed by atoms with E-state index in [4.69, 9.17) is 23.2 Å². The third-order valence-electron chi connectivity index (χ3n) is 4.41. The molecule has 1 aromatic heterocycles. The van der Waals surface area contributed by atoms with Crippen LogP contribution in [0.3, 0.4) is 0 Å². The molecule has 0 radical (unpaired) electrons. The molecule has 128 valence electrons. The Kier molecular flexibility index (Phi) is 4.91. The van der Waals surface area contributed by atoms with E-state index in [0.29, 0.717) is 53.1 Å². The zero-order chi connectivity index (χ0) is 18.0. The van der Waals surface area contributed by atoms with Crippen molar-refractivity contribution >= 4 is 35.3 Å². The van der Waals surface area contributed by atoms with Crippen molar-refractivity contribution in [2.75, 3.05) is 18.0 Å². The number of nitrogens with zero attached hydrogens (tertiary/aromatic N) is 4. The minimum atomic E-state index is -0.532. The van der Waals surface area contributed by atoms with E-state index in [2.05, 4.69) is 21.8 Å². The van der Waals surface area contributed by atoms with E-state index < -0.39 is 5.54 Å². The average Bonchev–Trinajstić information content (AvgIpc) is 2.64. The number of carbonyl (C=O) groups excluding carboxylic acids is 1. The predicted octanol–water partition coefficient (Wildman–Crippen LogP) is 2.10. The molecule has 0 amide bonds. The maximum Gasteiger partial charge on any atom is 0.180 e. The molecule has 6 nitrogen and oxygen atoms in total. The lowest BCUT2D eigenvalue weighted by Gasteiger charge is -2.33. The predicted molar refractivity (Wildman–Crippen MR) is 95.3 cm³/mol. The highest BCUT2D eigenvalue weighted by molar-refractivity contribution is 6.43. The van der Waals surface area contributed by atoms with Crippen LogP contribution in [0.2, 0.25) is 10.0 Å². The molecule has 0 atom stereocenters. The Morgan fingerprint density at radius 3 is 2.68 bits per heavy atom. The number of aldehydes is 1. The van der Waals surface area contributed by atoms with E-state index in [-0.39, 0.29) is 5.69 Å². The first-order chi connectivity index (χ1) is 12.0. The van der Waals surface area contributed by atoms with Gasteiger partial charge in [-0.05, 0) is 6.07 Å². The van der Waals surface area contributed by atoms with E-state index in [1.807, 2.05) is 4.90 Å². The van der Waals surface area contributed by atoms with Crippen molar-refractivity contribution in [3.63, 3.8) is 0 Å². The largest absolute Gasteiger partial charge is 0.355 e. The summed E-state index contributed by atoms with van der Waals surface area (Å²) in [4.78, 5) is 21.9. The van der Waals surface area contributed by atoms with Gasteiger partial charge >= 0.3 is 0 Å². The van der Waals surface area contributed by atoms with Gasteiger partial charge in [0.25, 0.3) is 0 Å². The SMILES string of the molecule is N#Cc1nc(N2CCC([NH3+])(C=O)CC2)cnc1-c1cccc(Cl)c1Cl. The lowest BCUT2D eigenvalue weighted by molar-refractivity contribution is -0.458. The second-order valence-corrected chi connectivity index (χ2v) is 6.89. The van der Waals surface area contributed by atoms with Crippen LogP contribution in [0.25, 0.3) is 11.3 Å². The minimum absolute atomic E-state index is 0.184. The summed E-state index contributed by atoms with van der Waals surface area (Å²) >= 11 is 12.3. The number of anilines is 1. The van der Waals surface area contributed by atoms with Crippen LogP contribution in [-0.2, 0) is 4.79 Å². The van der Waals surface area contributed by atoms with Crippen molar-refractivity contribution < 1.29 is 10.5 Å². The molecule has 1 fully saturated rings. The number of hydrogen-bond acceptors (Lipinski definition) is 5. The van der Waals surface area contributed by atoms with Gasteiger partial charge in [-0.3, -0.25) is 4.79 Å². The Morgan fingerprint density at radius 2 is 2.04 bits per heavy atom. The van der Waals surface area contributed by atoms with E-state index >= 15 is 0 Å². The van der Waals surface area contributed by atoms with E-state index in [9.17, 15) is 10.1 Å². The molecule has 1 aliphatic rings. The number of halogens is 2. The van der Waals surface area contributed by atoms with E-state index in [1.165, 1.54) is 0 Å². The molecular formula is C17H16Cl2N5O+. The maximum atomic E-state index is 11.1. The molecule has 0 unspecified atom stereocenters. The molecule has 0 saturated carbocycles. The van der Waals surface area contributed by atoms with E-state index in [0.717, 1.165) is 6.29 Å². The second-order valence-electron chi connectivity index (χ2n) is 6.11. The molecule has 2 heterocycles. The zero-order valence-electron chi connectivity index (χ0n) is 13.4. The fourth-order valence-corrected chi connectivity index (χ4v) is 3.18. The number of quaternary nitrogens is 1. The normalized spacial score (nSPS) is 16.3. The van der Waals surface area contributed by atoms with Gasteiger partial charge in [-0.1, -0.05) is 35.3 Å². The Balaban J connectivity index is 1.92. The number of piperidine rings is 1. The molecule has 1 aromatic carbocycles. The summed E-state index contributed by atoms with van der Waals surface area (Å²) in [6.45, 7) is 1.28. The molecule has 0 aliphatic carbocycles. The van der Waals surface area contributed by atoms with Gasteiger partial charge in [0.2, 0.25) is 0 Å². The number of hydrogen-bond donors (Lipinski definition) is 1. The Labute approximate surface area is 155 Å². The molecule has 0 bridgehead atoms. The van der Waals surface area contributed by atoms with Gasteiger partial charge in [-0.25, -0.2) is 9.97 Å². The summed E-state index contributed by atoms with van der Waals surface area (Å²) < 4.78 is 0. The highest BCUT2D eigenvalue weighted by atomic mass is 35.5. The molecule has 3 N–H and O–H groups in total. The number of benzene rings is 1. The fourth-order valence-electron chi connectivity index (χ4n) is 2.79. The highest BCUT2D eigenvalue weighted by Crippen LogP contribution is 2.34. The summed E-state index contributed by atoms with van der Waals surface area (Å²) in [6.07, 6.45) is 3.81. The first-order valence-corrected chi connectivity index (χ1v) is 8.51. The third-order valence-corrected chi connectivity index (χ3v) is 5.22. The Hall–Kier alpha value is -2.20. The molecule has 1 aliphatic heterocycles. The quantitative estimate of drug-likeness (QED) is 0.827. The lowest BCUT2D eigenvalue weighted by Crippen LogP contribution is -2.76. The number of nitriles is 1. The lowest BCUT2D eigenvalue weighted by atomic mass is 9.90. The summed E-state index contributed by atoms with van der Waals surface area (Å²) in [5.41, 5.74) is 4.59. The summed E-state index contributed by atoms with van der Waals surface area (Å²) in [5, 5.41) is 10.2. The molecule has 8 heteroatoms. The Bertz CT molecular complexity index is 857. The third kappa shape index (κ3) is 3.45. The van der Waals surface area contributed by atoms with Crippen molar-refractivity contribution in [3.05, 3.63) is 40.1 Å². The fraction of sp³-hybridized carbons (Fsp3) is 0.294. The summed E-state index contributed by atoms with van der Waals surface area (Å²) in [7, 11) is 0. The smallest absolute Gasteiger partial charge is 0.180 e.